The molecule has 0 amide bonds. The van der Waals surface area contributed by atoms with Crippen molar-refractivity contribution in [3.05, 3.63) is 59.2 Å². The van der Waals surface area contributed by atoms with E-state index in [0.717, 1.165) is 16.7 Å². The fourth-order valence-electron chi connectivity index (χ4n) is 1.99. The lowest BCUT2D eigenvalue weighted by Crippen LogP contribution is -2.23. The van der Waals surface area contributed by atoms with E-state index in [0.29, 0.717) is 5.75 Å². The van der Waals surface area contributed by atoms with Crippen LogP contribution in [0.3, 0.4) is 0 Å². The maximum atomic E-state index is 12.3. The predicted molar refractivity (Wildman–Crippen MR) is 82.9 cm³/mol. The smallest absolute Gasteiger partial charge is 0.240 e. The highest BCUT2D eigenvalue weighted by atomic mass is 32.2. The molecule has 5 heteroatoms. The Morgan fingerprint density at radius 1 is 1.05 bits per heavy atom. The number of ether oxygens (including phenoxy) is 1. The van der Waals surface area contributed by atoms with Crippen LogP contribution in [0.5, 0.6) is 5.75 Å². The third kappa shape index (κ3) is 3.62. The van der Waals surface area contributed by atoms with Crippen LogP contribution < -0.4 is 9.46 Å². The standard InChI is InChI=1S/C16H19NO3S/c1-12-8-9-15(10-13(12)2)21(18,19)17-11-14-6-4-5-7-16(14)20-3/h4-10,17H,11H2,1-3H3. The third-order valence-corrected chi connectivity index (χ3v) is 4.83. The van der Waals surface area contributed by atoms with Crippen molar-refractivity contribution in [2.24, 2.45) is 0 Å². The summed E-state index contributed by atoms with van der Waals surface area (Å²) >= 11 is 0. The highest BCUT2D eigenvalue weighted by molar-refractivity contribution is 7.89. The minimum Gasteiger partial charge on any atom is -0.496 e. The number of hydrogen-bond donors (Lipinski definition) is 1. The molecule has 2 rings (SSSR count). The predicted octanol–water partition coefficient (Wildman–Crippen LogP) is 2.79. The van der Waals surface area contributed by atoms with Gasteiger partial charge in [-0.25, -0.2) is 13.1 Å². The van der Waals surface area contributed by atoms with Crippen LogP contribution in [0.25, 0.3) is 0 Å². The number of hydrogen-bond acceptors (Lipinski definition) is 3. The molecule has 0 aromatic heterocycles. The van der Waals surface area contributed by atoms with E-state index < -0.39 is 10.0 Å². The quantitative estimate of drug-likeness (QED) is 0.924. The molecule has 0 saturated carbocycles. The Hall–Kier alpha value is -1.85. The van der Waals surface area contributed by atoms with Gasteiger partial charge in [-0.05, 0) is 43.2 Å². The summed E-state index contributed by atoms with van der Waals surface area (Å²) in [6, 6.07) is 12.4. The summed E-state index contributed by atoms with van der Waals surface area (Å²) in [5.41, 5.74) is 2.82. The minimum absolute atomic E-state index is 0.194. The van der Waals surface area contributed by atoms with Crippen LogP contribution in [0.4, 0.5) is 0 Å². The molecular formula is C16H19NO3S. The van der Waals surface area contributed by atoms with Gasteiger partial charge in [-0.15, -0.1) is 0 Å². The van der Waals surface area contributed by atoms with E-state index in [-0.39, 0.29) is 11.4 Å². The molecule has 0 radical (unpaired) electrons. The molecule has 2 aromatic rings. The lowest BCUT2D eigenvalue weighted by molar-refractivity contribution is 0.409. The zero-order chi connectivity index (χ0) is 15.5. The molecule has 0 aliphatic rings. The molecule has 21 heavy (non-hydrogen) atoms. The Morgan fingerprint density at radius 3 is 2.43 bits per heavy atom. The normalized spacial score (nSPS) is 11.4. The monoisotopic (exact) mass is 305 g/mol. The molecule has 0 aliphatic heterocycles. The number of rotatable bonds is 5. The Kier molecular flexibility index (Phi) is 4.65. The van der Waals surface area contributed by atoms with Crippen molar-refractivity contribution < 1.29 is 13.2 Å². The van der Waals surface area contributed by atoms with Crippen molar-refractivity contribution in [3.63, 3.8) is 0 Å². The number of benzene rings is 2. The maximum Gasteiger partial charge on any atom is 0.240 e. The fraction of sp³-hybridized carbons (Fsp3) is 0.250. The van der Waals surface area contributed by atoms with Gasteiger partial charge in [0.15, 0.2) is 0 Å². The van der Waals surface area contributed by atoms with E-state index in [1.165, 1.54) is 0 Å². The number of aryl methyl sites for hydroxylation is 2. The van der Waals surface area contributed by atoms with Gasteiger partial charge in [0, 0.05) is 12.1 Å². The van der Waals surface area contributed by atoms with Crippen LogP contribution in [0.15, 0.2) is 47.4 Å². The lowest BCUT2D eigenvalue weighted by atomic mass is 10.1. The number of sulfonamides is 1. The Bertz CT molecular complexity index is 739. The van der Waals surface area contributed by atoms with E-state index in [9.17, 15) is 8.42 Å². The molecule has 0 bridgehead atoms. The zero-order valence-corrected chi connectivity index (χ0v) is 13.2. The molecule has 0 saturated heterocycles. The van der Waals surface area contributed by atoms with Crippen LogP contribution in [0, 0.1) is 13.8 Å². The van der Waals surface area contributed by atoms with E-state index in [2.05, 4.69) is 4.72 Å². The molecule has 2 aromatic carbocycles. The first-order chi connectivity index (χ1) is 9.94. The van der Waals surface area contributed by atoms with E-state index >= 15 is 0 Å². The topological polar surface area (TPSA) is 55.4 Å². The molecule has 0 heterocycles. The molecule has 4 nitrogen and oxygen atoms in total. The number of para-hydroxylation sites is 1. The van der Waals surface area contributed by atoms with Gasteiger partial charge in [0.1, 0.15) is 5.75 Å². The van der Waals surface area contributed by atoms with Crippen LogP contribution in [0.1, 0.15) is 16.7 Å². The van der Waals surface area contributed by atoms with E-state index in [1.807, 2.05) is 38.1 Å². The van der Waals surface area contributed by atoms with Crippen LogP contribution in [-0.2, 0) is 16.6 Å². The first kappa shape index (κ1) is 15.5. The van der Waals surface area contributed by atoms with Gasteiger partial charge in [-0.1, -0.05) is 24.3 Å². The molecule has 1 N–H and O–H groups in total. The van der Waals surface area contributed by atoms with Gasteiger partial charge in [-0.3, -0.25) is 0 Å². The second kappa shape index (κ2) is 6.28. The molecule has 112 valence electrons. The Labute approximate surface area is 125 Å². The molecule has 0 spiro atoms. The zero-order valence-electron chi connectivity index (χ0n) is 12.4. The summed E-state index contributed by atoms with van der Waals surface area (Å²) in [6.45, 7) is 4.04. The Balaban J connectivity index is 2.20. The van der Waals surface area contributed by atoms with Crippen LogP contribution in [0.2, 0.25) is 0 Å². The summed E-state index contributed by atoms with van der Waals surface area (Å²) in [6.07, 6.45) is 0. The average Bonchev–Trinajstić information content (AvgIpc) is 2.48. The first-order valence-corrected chi connectivity index (χ1v) is 8.11. The summed E-state index contributed by atoms with van der Waals surface area (Å²) < 4.78 is 32.5. The van der Waals surface area contributed by atoms with Gasteiger partial charge in [0.05, 0.1) is 12.0 Å². The summed E-state index contributed by atoms with van der Waals surface area (Å²) in [7, 11) is -1.96. The summed E-state index contributed by atoms with van der Waals surface area (Å²) in [5, 5.41) is 0. The lowest BCUT2D eigenvalue weighted by Gasteiger charge is -2.11. The average molecular weight is 305 g/mol. The van der Waals surface area contributed by atoms with Gasteiger partial charge < -0.3 is 4.74 Å². The molecule has 0 unspecified atom stereocenters. The highest BCUT2D eigenvalue weighted by Crippen LogP contribution is 2.19. The highest BCUT2D eigenvalue weighted by Gasteiger charge is 2.15. The minimum atomic E-state index is -3.53. The first-order valence-electron chi connectivity index (χ1n) is 6.63. The van der Waals surface area contributed by atoms with E-state index in [4.69, 9.17) is 4.74 Å². The second-order valence-corrected chi connectivity index (χ2v) is 6.65. The van der Waals surface area contributed by atoms with Crippen molar-refractivity contribution in [1.82, 2.24) is 4.72 Å². The maximum absolute atomic E-state index is 12.3. The largest absolute Gasteiger partial charge is 0.496 e. The van der Waals surface area contributed by atoms with Crippen LogP contribution in [-0.4, -0.2) is 15.5 Å². The van der Waals surface area contributed by atoms with Gasteiger partial charge in [-0.2, -0.15) is 0 Å². The fourth-order valence-corrected chi connectivity index (χ4v) is 3.08. The molecular weight excluding hydrogens is 286 g/mol. The van der Waals surface area contributed by atoms with Crippen molar-refractivity contribution in [2.45, 2.75) is 25.3 Å². The molecule has 0 atom stereocenters. The molecule has 0 fully saturated rings. The van der Waals surface area contributed by atoms with Crippen molar-refractivity contribution >= 4 is 10.0 Å². The number of methoxy groups -OCH3 is 1. The third-order valence-electron chi connectivity index (χ3n) is 3.43. The van der Waals surface area contributed by atoms with Crippen molar-refractivity contribution in [1.29, 1.82) is 0 Å². The number of nitrogens with one attached hydrogen (secondary N) is 1. The Morgan fingerprint density at radius 2 is 1.76 bits per heavy atom. The van der Waals surface area contributed by atoms with Gasteiger partial charge in [0.2, 0.25) is 10.0 Å². The van der Waals surface area contributed by atoms with Crippen molar-refractivity contribution in [2.75, 3.05) is 7.11 Å². The second-order valence-electron chi connectivity index (χ2n) is 4.88. The summed E-state index contributed by atoms with van der Waals surface area (Å²) in [4.78, 5) is 0.278. The van der Waals surface area contributed by atoms with Crippen LogP contribution >= 0.6 is 0 Å². The molecule has 0 aliphatic carbocycles. The van der Waals surface area contributed by atoms with Crippen molar-refractivity contribution in [3.8, 4) is 5.75 Å². The van der Waals surface area contributed by atoms with E-state index in [1.54, 1.807) is 25.3 Å². The summed E-state index contributed by atoms with van der Waals surface area (Å²) in [5.74, 6) is 0.667. The van der Waals surface area contributed by atoms with Gasteiger partial charge in [0.25, 0.3) is 0 Å². The van der Waals surface area contributed by atoms with Gasteiger partial charge >= 0.3 is 0 Å². The SMILES string of the molecule is COc1ccccc1CNS(=O)(=O)c1ccc(C)c(C)c1.